The van der Waals surface area contributed by atoms with Gasteiger partial charge >= 0.3 is 0 Å². The summed E-state index contributed by atoms with van der Waals surface area (Å²) >= 11 is 3.31. The number of hydrogen-bond acceptors (Lipinski definition) is 4. The van der Waals surface area contributed by atoms with Crippen LogP contribution < -0.4 is 5.73 Å². The zero-order chi connectivity index (χ0) is 15.4. The molecule has 0 amide bonds. The lowest BCUT2D eigenvalue weighted by Crippen LogP contribution is -2.52. The maximum Gasteiger partial charge on any atom is 0.156 e. The molecule has 1 atom stereocenters. The van der Waals surface area contributed by atoms with E-state index in [1.54, 1.807) is 6.07 Å². The minimum absolute atomic E-state index is 0.0690. The van der Waals surface area contributed by atoms with Crippen molar-refractivity contribution >= 4 is 21.8 Å². The summed E-state index contributed by atoms with van der Waals surface area (Å²) in [5.41, 5.74) is 6.59. The molecule has 7 heteroatoms. The molecule has 21 heavy (non-hydrogen) atoms. The number of rotatable bonds is 4. The fraction of sp³-hybridized carbons (Fsp3) is 0.500. The van der Waals surface area contributed by atoms with Crippen LogP contribution in [0.15, 0.2) is 27.8 Å². The number of benzene rings is 1. The molecular formula is C14H20BrFN4O. The van der Waals surface area contributed by atoms with Gasteiger partial charge < -0.3 is 10.9 Å². The molecule has 0 aliphatic carbocycles. The lowest BCUT2D eigenvalue weighted by atomic mass is 10.1. The van der Waals surface area contributed by atoms with E-state index in [0.29, 0.717) is 0 Å². The van der Waals surface area contributed by atoms with Crippen LogP contribution in [0.25, 0.3) is 0 Å². The first-order valence-electron chi connectivity index (χ1n) is 6.88. The molecular weight excluding hydrogens is 339 g/mol. The number of nitrogens with zero attached hydrogens (tertiary/aromatic N) is 3. The second-order valence-corrected chi connectivity index (χ2v) is 6.21. The molecule has 1 aliphatic heterocycles. The number of amidine groups is 1. The summed E-state index contributed by atoms with van der Waals surface area (Å²) in [5.74, 6) is 0.0103. The van der Waals surface area contributed by atoms with Gasteiger partial charge in [-0.15, -0.1) is 0 Å². The minimum Gasteiger partial charge on any atom is -0.409 e. The van der Waals surface area contributed by atoms with E-state index in [1.165, 1.54) is 6.07 Å². The van der Waals surface area contributed by atoms with Crippen LogP contribution in [0.3, 0.4) is 0 Å². The molecule has 1 aliphatic rings. The highest BCUT2D eigenvalue weighted by atomic mass is 79.9. The average Bonchev–Trinajstić information content (AvgIpc) is 2.45. The summed E-state index contributed by atoms with van der Waals surface area (Å²) in [6.07, 6.45) is 0. The molecule has 3 N–H and O–H groups in total. The van der Waals surface area contributed by atoms with Gasteiger partial charge in [-0.2, -0.15) is 0 Å². The van der Waals surface area contributed by atoms with E-state index in [4.69, 9.17) is 10.9 Å². The van der Waals surface area contributed by atoms with E-state index in [2.05, 4.69) is 30.9 Å². The first-order chi connectivity index (χ1) is 9.99. The first kappa shape index (κ1) is 16.2. The van der Waals surface area contributed by atoms with Gasteiger partial charge in [0.05, 0.1) is 6.04 Å². The van der Waals surface area contributed by atoms with Crippen molar-refractivity contribution in [3.63, 3.8) is 0 Å². The normalized spacial score (nSPS) is 19.7. The van der Waals surface area contributed by atoms with Crippen LogP contribution in [0, 0.1) is 5.82 Å². The highest BCUT2D eigenvalue weighted by Crippen LogP contribution is 2.17. The van der Waals surface area contributed by atoms with Gasteiger partial charge in [-0.1, -0.05) is 21.1 Å². The topological polar surface area (TPSA) is 65.1 Å². The molecule has 1 unspecified atom stereocenters. The van der Waals surface area contributed by atoms with Crippen molar-refractivity contribution in [3.05, 3.63) is 34.1 Å². The van der Waals surface area contributed by atoms with Crippen molar-refractivity contribution in [2.45, 2.75) is 19.5 Å². The van der Waals surface area contributed by atoms with E-state index in [0.717, 1.165) is 42.8 Å². The number of oxime groups is 1. The summed E-state index contributed by atoms with van der Waals surface area (Å²) in [4.78, 5) is 4.45. The summed E-state index contributed by atoms with van der Waals surface area (Å²) in [5, 5.41) is 11.8. The Balaban J connectivity index is 1.89. The summed E-state index contributed by atoms with van der Waals surface area (Å²) in [6.45, 7) is 6.08. The zero-order valence-electron chi connectivity index (χ0n) is 12.0. The predicted molar refractivity (Wildman–Crippen MR) is 83.8 cm³/mol. The second kappa shape index (κ2) is 7.20. The van der Waals surface area contributed by atoms with Crippen molar-refractivity contribution < 1.29 is 9.60 Å². The van der Waals surface area contributed by atoms with Gasteiger partial charge in [-0.25, -0.2) is 4.39 Å². The standard InChI is InChI=1S/C14H20BrFN4O/c1-10(14(17)18-21)20-4-2-19(3-5-20)9-11-6-12(15)8-13(16)7-11/h6-8,10,21H,2-5,9H2,1H3,(H2,17,18). The SMILES string of the molecule is CC(C(N)=NO)N1CCN(Cc2cc(F)cc(Br)c2)CC1. The zero-order valence-corrected chi connectivity index (χ0v) is 13.6. The molecule has 5 nitrogen and oxygen atoms in total. The van der Waals surface area contributed by atoms with Crippen LogP contribution in [-0.4, -0.2) is 53.1 Å². The molecule has 0 radical (unpaired) electrons. The van der Waals surface area contributed by atoms with Crippen molar-refractivity contribution in [2.24, 2.45) is 10.9 Å². The van der Waals surface area contributed by atoms with E-state index in [1.807, 2.05) is 13.0 Å². The molecule has 1 aromatic carbocycles. The Morgan fingerprint density at radius 2 is 2.05 bits per heavy atom. The number of halogens is 2. The Bertz CT molecular complexity index is 497. The van der Waals surface area contributed by atoms with Crippen LogP contribution in [0.5, 0.6) is 0 Å². The molecule has 1 saturated heterocycles. The van der Waals surface area contributed by atoms with Gasteiger partial charge in [0.15, 0.2) is 5.84 Å². The monoisotopic (exact) mass is 358 g/mol. The Hall–Kier alpha value is -1.18. The van der Waals surface area contributed by atoms with Crippen LogP contribution >= 0.6 is 15.9 Å². The molecule has 0 spiro atoms. The van der Waals surface area contributed by atoms with E-state index < -0.39 is 0 Å². The molecule has 0 bridgehead atoms. The van der Waals surface area contributed by atoms with Crippen LogP contribution in [0.1, 0.15) is 12.5 Å². The molecule has 0 saturated carbocycles. The summed E-state index contributed by atoms with van der Waals surface area (Å²) < 4.78 is 14.1. The lowest BCUT2D eigenvalue weighted by Gasteiger charge is -2.37. The molecule has 2 rings (SSSR count). The van der Waals surface area contributed by atoms with E-state index in [9.17, 15) is 4.39 Å². The maximum atomic E-state index is 13.4. The van der Waals surface area contributed by atoms with Gasteiger partial charge in [0.1, 0.15) is 5.82 Å². The van der Waals surface area contributed by atoms with Crippen molar-refractivity contribution in [2.75, 3.05) is 26.2 Å². The molecule has 1 fully saturated rings. The van der Waals surface area contributed by atoms with Crippen molar-refractivity contribution in [1.82, 2.24) is 9.80 Å². The lowest BCUT2D eigenvalue weighted by molar-refractivity contribution is 0.116. The summed E-state index contributed by atoms with van der Waals surface area (Å²) in [7, 11) is 0. The largest absolute Gasteiger partial charge is 0.409 e. The molecule has 0 aromatic heterocycles. The third-order valence-electron chi connectivity index (χ3n) is 3.83. The van der Waals surface area contributed by atoms with Gasteiger partial charge in [0.2, 0.25) is 0 Å². The fourth-order valence-corrected chi connectivity index (χ4v) is 3.05. The van der Waals surface area contributed by atoms with Gasteiger partial charge in [-0.3, -0.25) is 9.80 Å². The van der Waals surface area contributed by atoms with Crippen molar-refractivity contribution in [3.8, 4) is 0 Å². The third-order valence-corrected chi connectivity index (χ3v) is 4.28. The van der Waals surface area contributed by atoms with Crippen LogP contribution in [0.4, 0.5) is 4.39 Å². The van der Waals surface area contributed by atoms with Gasteiger partial charge in [0.25, 0.3) is 0 Å². The van der Waals surface area contributed by atoms with Gasteiger partial charge in [-0.05, 0) is 30.7 Å². The predicted octanol–water partition coefficient (Wildman–Crippen LogP) is 1.84. The Morgan fingerprint density at radius 1 is 1.38 bits per heavy atom. The Morgan fingerprint density at radius 3 is 2.62 bits per heavy atom. The number of piperazine rings is 1. The van der Waals surface area contributed by atoms with E-state index >= 15 is 0 Å². The summed E-state index contributed by atoms with van der Waals surface area (Å²) in [6, 6.07) is 4.89. The Labute approximate surface area is 132 Å². The minimum atomic E-state index is -0.224. The van der Waals surface area contributed by atoms with Gasteiger partial charge in [0, 0.05) is 37.2 Å². The maximum absolute atomic E-state index is 13.4. The quantitative estimate of drug-likeness (QED) is 0.373. The molecule has 116 valence electrons. The second-order valence-electron chi connectivity index (χ2n) is 5.29. The molecule has 1 aromatic rings. The Kier molecular flexibility index (Phi) is 5.55. The van der Waals surface area contributed by atoms with Crippen molar-refractivity contribution in [1.29, 1.82) is 0 Å². The van der Waals surface area contributed by atoms with E-state index in [-0.39, 0.29) is 17.7 Å². The highest BCUT2D eigenvalue weighted by Gasteiger charge is 2.23. The third kappa shape index (κ3) is 4.39. The first-order valence-corrected chi connectivity index (χ1v) is 7.67. The highest BCUT2D eigenvalue weighted by molar-refractivity contribution is 9.10. The smallest absolute Gasteiger partial charge is 0.156 e. The van der Waals surface area contributed by atoms with Crippen LogP contribution in [-0.2, 0) is 6.54 Å². The average molecular weight is 359 g/mol. The molecule has 1 heterocycles. The van der Waals surface area contributed by atoms with Crippen LogP contribution in [0.2, 0.25) is 0 Å². The fourth-order valence-electron chi connectivity index (χ4n) is 2.54. The number of hydrogen-bond donors (Lipinski definition) is 2. The number of nitrogens with two attached hydrogens (primary N) is 1.